The predicted octanol–water partition coefficient (Wildman–Crippen LogP) is 3.02. The van der Waals surface area contributed by atoms with Crippen molar-refractivity contribution in [1.82, 2.24) is 0 Å². The first-order valence-electron chi connectivity index (χ1n) is 5.14. The molecule has 1 aromatic carbocycles. The van der Waals surface area contributed by atoms with Crippen LogP contribution < -0.4 is 14.2 Å². The van der Waals surface area contributed by atoms with Gasteiger partial charge in [0.05, 0.1) is 20.8 Å². The number of aryl methyl sites for hydroxylation is 1. The Kier molecular flexibility index (Phi) is 5.26. The highest BCUT2D eigenvalue weighted by molar-refractivity contribution is 6.17. The molecule has 0 aliphatic heterocycles. The fraction of sp³-hybridized carbons (Fsp3) is 0.500. The van der Waals surface area contributed by atoms with Crippen LogP contribution in [0.3, 0.4) is 0 Å². The van der Waals surface area contributed by atoms with E-state index < -0.39 is 0 Å². The highest BCUT2D eigenvalue weighted by Crippen LogP contribution is 2.38. The number of methoxy groups -OCH3 is 2. The van der Waals surface area contributed by atoms with Crippen molar-refractivity contribution >= 4 is 11.6 Å². The van der Waals surface area contributed by atoms with Gasteiger partial charge in [0.25, 0.3) is 0 Å². The summed E-state index contributed by atoms with van der Waals surface area (Å²) in [5.41, 5.74) is 1.07. The standard InChI is InChI=1S/C12H17ClO3/c1-9-7-10(14-2)12(11(8-9)15-3)16-6-4-5-13/h7-8H,4-6H2,1-3H3. The molecule has 1 aromatic rings. The smallest absolute Gasteiger partial charge is 0.203 e. The van der Waals surface area contributed by atoms with Gasteiger partial charge in [-0.2, -0.15) is 0 Å². The van der Waals surface area contributed by atoms with Gasteiger partial charge in [-0.3, -0.25) is 0 Å². The van der Waals surface area contributed by atoms with Crippen molar-refractivity contribution in [2.75, 3.05) is 26.7 Å². The van der Waals surface area contributed by atoms with Crippen LogP contribution in [0, 0.1) is 6.92 Å². The molecule has 16 heavy (non-hydrogen) atoms. The largest absolute Gasteiger partial charge is 0.493 e. The molecule has 0 heterocycles. The average Bonchev–Trinajstić information content (AvgIpc) is 2.30. The SMILES string of the molecule is COc1cc(C)cc(OC)c1OCCCCl. The fourth-order valence-corrected chi connectivity index (χ4v) is 1.49. The van der Waals surface area contributed by atoms with Crippen LogP contribution in [0.4, 0.5) is 0 Å². The Morgan fingerprint density at radius 1 is 1.12 bits per heavy atom. The third kappa shape index (κ3) is 3.20. The highest BCUT2D eigenvalue weighted by Gasteiger charge is 2.12. The van der Waals surface area contributed by atoms with Crippen molar-refractivity contribution in [2.24, 2.45) is 0 Å². The van der Waals surface area contributed by atoms with Gasteiger partial charge in [-0.05, 0) is 31.0 Å². The summed E-state index contributed by atoms with van der Waals surface area (Å²) in [6.07, 6.45) is 0.793. The zero-order valence-corrected chi connectivity index (χ0v) is 10.6. The van der Waals surface area contributed by atoms with Crippen molar-refractivity contribution in [3.63, 3.8) is 0 Å². The van der Waals surface area contributed by atoms with E-state index in [0.29, 0.717) is 29.7 Å². The second kappa shape index (κ2) is 6.48. The average molecular weight is 245 g/mol. The zero-order valence-electron chi connectivity index (χ0n) is 9.88. The Morgan fingerprint density at radius 3 is 2.12 bits per heavy atom. The van der Waals surface area contributed by atoms with Gasteiger partial charge in [0, 0.05) is 5.88 Å². The topological polar surface area (TPSA) is 27.7 Å². The molecule has 90 valence electrons. The van der Waals surface area contributed by atoms with Crippen molar-refractivity contribution in [3.8, 4) is 17.2 Å². The molecule has 0 fully saturated rings. The van der Waals surface area contributed by atoms with Crippen LogP contribution in [0.15, 0.2) is 12.1 Å². The van der Waals surface area contributed by atoms with E-state index in [1.165, 1.54) is 0 Å². The number of rotatable bonds is 6. The summed E-state index contributed by atoms with van der Waals surface area (Å²) in [6, 6.07) is 3.83. The molecular formula is C12H17ClO3. The van der Waals surface area contributed by atoms with Gasteiger partial charge in [0.1, 0.15) is 0 Å². The van der Waals surface area contributed by atoms with Crippen LogP contribution in [0.1, 0.15) is 12.0 Å². The van der Waals surface area contributed by atoms with E-state index >= 15 is 0 Å². The van der Waals surface area contributed by atoms with Gasteiger partial charge in [0.15, 0.2) is 11.5 Å². The molecule has 0 aliphatic carbocycles. The van der Waals surface area contributed by atoms with Gasteiger partial charge in [-0.15, -0.1) is 11.6 Å². The van der Waals surface area contributed by atoms with E-state index in [0.717, 1.165) is 12.0 Å². The van der Waals surface area contributed by atoms with Gasteiger partial charge in [-0.1, -0.05) is 0 Å². The van der Waals surface area contributed by atoms with E-state index in [-0.39, 0.29) is 0 Å². The summed E-state index contributed by atoms with van der Waals surface area (Å²) in [5.74, 6) is 2.59. The minimum absolute atomic E-state index is 0.555. The molecule has 4 heteroatoms. The minimum Gasteiger partial charge on any atom is -0.493 e. The third-order valence-electron chi connectivity index (χ3n) is 2.13. The van der Waals surface area contributed by atoms with Gasteiger partial charge in [0.2, 0.25) is 5.75 Å². The molecular weight excluding hydrogens is 228 g/mol. The second-order valence-corrected chi connectivity index (χ2v) is 3.77. The van der Waals surface area contributed by atoms with Crippen LogP contribution in [0.5, 0.6) is 17.2 Å². The van der Waals surface area contributed by atoms with Gasteiger partial charge in [-0.25, -0.2) is 0 Å². The lowest BCUT2D eigenvalue weighted by atomic mass is 10.2. The molecule has 0 radical (unpaired) electrons. The van der Waals surface area contributed by atoms with Crippen LogP contribution >= 0.6 is 11.6 Å². The Labute approximate surface area is 101 Å². The maximum atomic E-state index is 5.61. The maximum Gasteiger partial charge on any atom is 0.203 e. The Hall–Kier alpha value is -1.09. The molecule has 0 atom stereocenters. The normalized spacial score (nSPS) is 10.0. The van der Waals surface area contributed by atoms with Gasteiger partial charge >= 0.3 is 0 Å². The fourth-order valence-electron chi connectivity index (χ4n) is 1.38. The van der Waals surface area contributed by atoms with Crippen LogP contribution in [-0.4, -0.2) is 26.7 Å². The minimum atomic E-state index is 0.555. The number of alkyl halides is 1. The zero-order chi connectivity index (χ0) is 12.0. The maximum absolute atomic E-state index is 5.61. The molecule has 0 amide bonds. The molecule has 0 unspecified atom stereocenters. The number of hydrogen-bond acceptors (Lipinski definition) is 3. The van der Waals surface area contributed by atoms with Gasteiger partial charge < -0.3 is 14.2 Å². The second-order valence-electron chi connectivity index (χ2n) is 3.39. The monoisotopic (exact) mass is 244 g/mol. The summed E-state index contributed by atoms with van der Waals surface area (Å²) in [6.45, 7) is 2.53. The van der Waals surface area contributed by atoms with E-state index in [4.69, 9.17) is 25.8 Å². The number of benzene rings is 1. The Bertz CT molecular complexity index is 314. The summed E-state index contributed by atoms with van der Waals surface area (Å²) in [5, 5.41) is 0. The van der Waals surface area contributed by atoms with Crippen molar-refractivity contribution in [1.29, 1.82) is 0 Å². The molecule has 3 nitrogen and oxygen atoms in total. The van der Waals surface area contributed by atoms with Crippen LogP contribution in [0.2, 0.25) is 0 Å². The number of hydrogen-bond donors (Lipinski definition) is 0. The predicted molar refractivity (Wildman–Crippen MR) is 65.1 cm³/mol. The summed E-state index contributed by atoms with van der Waals surface area (Å²) in [4.78, 5) is 0. The van der Waals surface area contributed by atoms with Crippen LogP contribution in [-0.2, 0) is 0 Å². The molecule has 0 bridgehead atoms. The third-order valence-corrected chi connectivity index (χ3v) is 2.40. The van der Waals surface area contributed by atoms with Crippen molar-refractivity contribution in [2.45, 2.75) is 13.3 Å². The Morgan fingerprint density at radius 2 is 1.69 bits per heavy atom. The molecule has 0 spiro atoms. The highest BCUT2D eigenvalue weighted by atomic mass is 35.5. The van der Waals surface area contributed by atoms with E-state index in [2.05, 4.69) is 0 Å². The molecule has 0 saturated carbocycles. The first-order valence-corrected chi connectivity index (χ1v) is 5.67. The first-order chi connectivity index (χ1) is 7.72. The number of ether oxygens (including phenoxy) is 3. The molecule has 1 rings (SSSR count). The quantitative estimate of drug-likeness (QED) is 0.569. The molecule has 0 aromatic heterocycles. The van der Waals surface area contributed by atoms with E-state index in [1.54, 1.807) is 14.2 Å². The van der Waals surface area contributed by atoms with E-state index in [1.807, 2.05) is 19.1 Å². The first kappa shape index (κ1) is 13.0. The van der Waals surface area contributed by atoms with Crippen molar-refractivity contribution < 1.29 is 14.2 Å². The van der Waals surface area contributed by atoms with E-state index in [9.17, 15) is 0 Å². The van der Waals surface area contributed by atoms with Crippen molar-refractivity contribution in [3.05, 3.63) is 17.7 Å². The lowest BCUT2D eigenvalue weighted by Gasteiger charge is -2.14. The summed E-state index contributed by atoms with van der Waals surface area (Å²) < 4.78 is 16.1. The molecule has 0 N–H and O–H groups in total. The number of halogens is 1. The lowest BCUT2D eigenvalue weighted by molar-refractivity contribution is 0.275. The summed E-state index contributed by atoms with van der Waals surface area (Å²) >= 11 is 5.60. The molecule has 0 saturated heterocycles. The van der Waals surface area contributed by atoms with Crippen LogP contribution in [0.25, 0.3) is 0 Å². The Balaban J connectivity index is 2.93. The lowest BCUT2D eigenvalue weighted by Crippen LogP contribution is -2.02. The molecule has 0 aliphatic rings. The summed E-state index contributed by atoms with van der Waals surface area (Å²) in [7, 11) is 3.23.